The molecule has 0 saturated carbocycles. The van der Waals surface area contributed by atoms with Gasteiger partial charge in [0, 0.05) is 26.7 Å². The van der Waals surface area contributed by atoms with Crippen molar-refractivity contribution in [3.05, 3.63) is 24.3 Å². The zero-order valence-electron chi connectivity index (χ0n) is 12.5. The Morgan fingerprint density at radius 1 is 1.48 bits per heavy atom. The first-order chi connectivity index (χ1) is 10.2. The number of carbonyl (C=O) groups excluding carboxylic acids is 1. The van der Waals surface area contributed by atoms with Crippen LogP contribution in [0, 0.1) is 0 Å². The first-order valence-electron chi connectivity index (χ1n) is 7.38. The first-order valence-corrected chi connectivity index (χ1v) is 7.38. The highest BCUT2D eigenvalue weighted by Crippen LogP contribution is 2.21. The number of anilines is 1. The minimum Gasteiger partial charge on any atom is -0.338 e. The van der Waals surface area contributed by atoms with Gasteiger partial charge < -0.3 is 20.1 Å². The molecule has 3 rings (SSSR count). The Hall–Kier alpha value is -2.24. The monoisotopic (exact) mass is 287 g/mol. The number of nitrogens with one attached hydrogen (secondary N) is 2. The van der Waals surface area contributed by atoms with Crippen molar-refractivity contribution in [3.8, 4) is 0 Å². The standard InChI is InChI=1S/C15H21N5O/c1-3-8-19(2)15(21)16-11-9-20(10-11)14-17-12-6-4-5-7-13(12)18-14/h4-7,11H,3,8-10H2,1-2H3,(H,16,21)(H,17,18). The second-order valence-electron chi connectivity index (χ2n) is 5.55. The molecule has 1 aliphatic rings. The highest BCUT2D eigenvalue weighted by atomic mass is 16.2. The van der Waals surface area contributed by atoms with Crippen molar-refractivity contribution in [2.24, 2.45) is 0 Å². The number of hydrogen-bond acceptors (Lipinski definition) is 3. The van der Waals surface area contributed by atoms with Crippen LogP contribution in [-0.2, 0) is 0 Å². The molecule has 1 saturated heterocycles. The molecule has 2 N–H and O–H groups in total. The molecule has 1 aromatic heterocycles. The number of imidazole rings is 1. The van der Waals surface area contributed by atoms with Gasteiger partial charge in [-0.15, -0.1) is 0 Å². The van der Waals surface area contributed by atoms with Crippen LogP contribution in [0.4, 0.5) is 10.7 Å². The fraction of sp³-hybridized carbons (Fsp3) is 0.467. The Balaban J connectivity index is 1.54. The van der Waals surface area contributed by atoms with Crippen molar-refractivity contribution in [2.45, 2.75) is 19.4 Å². The smallest absolute Gasteiger partial charge is 0.317 e. The lowest BCUT2D eigenvalue weighted by atomic mass is 10.1. The van der Waals surface area contributed by atoms with E-state index in [-0.39, 0.29) is 12.1 Å². The number of aromatic nitrogens is 2. The Labute approximate surface area is 124 Å². The fourth-order valence-corrected chi connectivity index (χ4v) is 2.55. The van der Waals surface area contributed by atoms with E-state index in [2.05, 4.69) is 27.1 Å². The second-order valence-corrected chi connectivity index (χ2v) is 5.55. The number of aromatic amines is 1. The molecule has 1 aromatic carbocycles. The summed E-state index contributed by atoms with van der Waals surface area (Å²) < 4.78 is 0. The molecule has 21 heavy (non-hydrogen) atoms. The molecular formula is C15H21N5O. The molecule has 6 heteroatoms. The molecule has 0 radical (unpaired) electrons. The number of rotatable bonds is 4. The molecule has 0 atom stereocenters. The number of carbonyl (C=O) groups is 1. The van der Waals surface area contributed by atoms with E-state index in [0.29, 0.717) is 0 Å². The van der Waals surface area contributed by atoms with E-state index < -0.39 is 0 Å². The van der Waals surface area contributed by atoms with Crippen LogP contribution in [0.2, 0.25) is 0 Å². The van der Waals surface area contributed by atoms with Crippen LogP contribution in [-0.4, -0.2) is 53.6 Å². The summed E-state index contributed by atoms with van der Waals surface area (Å²) in [6, 6.07) is 8.19. The Morgan fingerprint density at radius 2 is 2.24 bits per heavy atom. The maximum absolute atomic E-state index is 11.9. The highest BCUT2D eigenvalue weighted by molar-refractivity contribution is 5.78. The van der Waals surface area contributed by atoms with E-state index >= 15 is 0 Å². The van der Waals surface area contributed by atoms with Gasteiger partial charge in [0.15, 0.2) is 0 Å². The molecule has 0 aliphatic carbocycles. The average molecular weight is 287 g/mol. The largest absolute Gasteiger partial charge is 0.338 e. The number of para-hydroxylation sites is 2. The van der Waals surface area contributed by atoms with Gasteiger partial charge in [-0.05, 0) is 18.6 Å². The number of amides is 2. The predicted octanol–water partition coefficient (Wildman–Crippen LogP) is 1.80. The third-order valence-electron chi connectivity index (χ3n) is 3.79. The van der Waals surface area contributed by atoms with Crippen molar-refractivity contribution in [2.75, 3.05) is 31.6 Å². The van der Waals surface area contributed by atoms with Gasteiger partial charge in [-0.25, -0.2) is 9.78 Å². The van der Waals surface area contributed by atoms with Gasteiger partial charge in [0.05, 0.1) is 17.1 Å². The molecule has 2 heterocycles. The lowest BCUT2D eigenvalue weighted by molar-refractivity contribution is 0.202. The Morgan fingerprint density at radius 3 is 2.95 bits per heavy atom. The van der Waals surface area contributed by atoms with E-state index in [9.17, 15) is 4.79 Å². The van der Waals surface area contributed by atoms with Crippen molar-refractivity contribution < 1.29 is 4.79 Å². The fourth-order valence-electron chi connectivity index (χ4n) is 2.55. The van der Waals surface area contributed by atoms with Crippen molar-refractivity contribution in [3.63, 3.8) is 0 Å². The summed E-state index contributed by atoms with van der Waals surface area (Å²) in [6.07, 6.45) is 0.972. The summed E-state index contributed by atoms with van der Waals surface area (Å²) >= 11 is 0. The quantitative estimate of drug-likeness (QED) is 0.901. The maximum atomic E-state index is 11.9. The molecule has 112 valence electrons. The topological polar surface area (TPSA) is 64.3 Å². The number of hydrogen-bond donors (Lipinski definition) is 2. The molecule has 0 unspecified atom stereocenters. The van der Waals surface area contributed by atoms with Gasteiger partial charge in [-0.1, -0.05) is 19.1 Å². The number of H-pyrrole nitrogens is 1. The SMILES string of the molecule is CCCN(C)C(=O)NC1CN(c2nc3ccccc3[nH]2)C1. The van der Waals surface area contributed by atoms with Crippen LogP contribution in [0.1, 0.15) is 13.3 Å². The van der Waals surface area contributed by atoms with Gasteiger partial charge >= 0.3 is 6.03 Å². The third-order valence-corrected chi connectivity index (χ3v) is 3.79. The van der Waals surface area contributed by atoms with Crippen LogP contribution < -0.4 is 10.2 Å². The van der Waals surface area contributed by atoms with Crippen molar-refractivity contribution in [1.82, 2.24) is 20.2 Å². The molecule has 2 aromatic rings. The Kier molecular flexibility index (Phi) is 3.68. The summed E-state index contributed by atoms with van der Waals surface area (Å²) in [4.78, 5) is 23.6. The second kappa shape index (κ2) is 5.63. The molecule has 2 amide bonds. The lowest BCUT2D eigenvalue weighted by Gasteiger charge is -2.39. The van der Waals surface area contributed by atoms with Crippen molar-refractivity contribution >= 4 is 23.0 Å². The van der Waals surface area contributed by atoms with Crippen LogP contribution in [0.25, 0.3) is 11.0 Å². The zero-order chi connectivity index (χ0) is 14.8. The molecule has 0 spiro atoms. The van der Waals surface area contributed by atoms with Crippen LogP contribution in [0.15, 0.2) is 24.3 Å². The number of urea groups is 1. The number of benzene rings is 1. The number of nitrogens with zero attached hydrogens (tertiary/aromatic N) is 3. The summed E-state index contributed by atoms with van der Waals surface area (Å²) in [7, 11) is 1.83. The van der Waals surface area contributed by atoms with Crippen LogP contribution >= 0.6 is 0 Å². The van der Waals surface area contributed by atoms with E-state index in [0.717, 1.165) is 43.0 Å². The zero-order valence-corrected chi connectivity index (χ0v) is 12.5. The van der Waals surface area contributed by atoms with Gasteiger partial charge in [-0.2, -0.15) is 0 Å². The van der Waals surface area contributed by atoms with Gasteiger partial charge in [-0.3, -0.25) is 0 Å². The summed E-state index contributed by atoms with van der Waals surface area (Å²) in [6.45, 7) is 4.44. The molecule has 6 nitrogen and oxygen atoms in total. The minimum absolute atomic E-state index is 0.00565. The molecule has 1 fully saturated rings. The molecule has 0 bridgehead atoms. The molecule has 1 aliphatic heterocycles. The van der Waals surface area contributed by atoms with Crippen LogP contribution in [0.3, 0.4) is 0 Å². The summed E-state index contributed by atoms with van der Waals surface area (Å²) in [5, 5.41) is 3.04. The van der Waals surface area contributed by atoms with Crippen molar-refractivity contribution in [1.29, 1.82) is 0 Å². The van der Waals surface area contributed by atoms with E-state index in [1.807, 2.05) is 31.3 Å². The van der Waals surface area contributed by atoms with Gasteiger partial charge in [0.2, 0.25) is 5.95 Å². The van der Waals surface area contributed by atoms with E-state index in [4.69, 9.17) is 0 Å². The predicted molar refractivity (Wildman–Crippen MR) is 83.5 cm³/mol. The Bertz CT molecular complexity index is 599. The van der Waals surface area contributed by atoms with E-state index in [1.165, 1.54) is 0 Å². The van der Waals surface area contributed by atoms with Gasteiger partial charge in [0.1, 0.15) is 0 Å². The van der Waals surface area contributed by atoms with Crippen LogP contribution in [0.5, 0.6) is 0 Å². The maximum Gasteiger partial charge on any atom is 0.317 e. The summed E-state index contributed by atoms with van der Waals surface area (Å²) in [5.41, 5.74) is 2.02. The summed E-state index contributed by atoms with van der Waals surface area (Å²) in [5.74, 6) is 0.878. The third kappa shape index (κ3) is 2.79. The number of fused-ring (bicyclic) bond motifs is 1. The minimum atomic E-state index is 0.00565. The molecular weight excluding hydrogens is 266 g/mol. The lowest BCUT2D eigenvalue weighted by Crippen LogP contribution is -2.61. The first kappa shape index (κ1) is 13.7. The highest BCUT2D eigenvalue weighted by Gasteiger charge is 2.30. The normalized spacial score (nSPS) is 15.0. The van der Waals surface area contributed by atoms with Gasteiger partial charge in [0.25, 0.3) is 0 Å². The van der Waals surface area contributed by atoms with E-state index in [1.54, 1.807) is 4.90 Å². The average Bonchev–Trinajstić information content (AvgIpc) is 2.85.